The molecule has 2 aromatic rings. The van der Waals surface area contributed by atoms with Gasteiger partial charge in [-0.3, -0.25) is 9.59 Å². The van der Waals surface area contributed by atoms with Crippen LogP contribution in [0.5, 0.6) is 0 Å². The molecule has 1 aliphatic heterocycles. The number of aliphatic hydroxyl groups excluding tert-OH is 1. The third kappa shape index (κ3) is 2.90. The quantitative estimate of drug-likeness (QED) is 0.918. The second kappa shape index (κ2) is 6.96. The van der Waals surface area contributed by atoms with Crippen LogP contribution in [0.25, 0.3) is 0 Å². The van der Waals surface area contributed by atoms with Crippen molar-refractivity contribution >= 4 is 11.6 Å². The minimum Gasteiger partial charge on any atom is -0.383 e. The van der Waals surface area contributed by atoms with Gasteiger partial charge in [-0.1, -0.05) is 54.6 Å². The van der Waals surface area contributed by atoms with Crippen LogP contribution in [0.3, 0.4) is 0 Å². The molecule has 1 fully saturated rings. The fourth-order valence-corrected chi connectivity index (χ4v) is 3.43. The van der Waals surface area contributed by atoms with Crippen molar-refractivity contribution in [1.29, 1.82) is 0 Å². The van der Waals surface area contributed by atoms with Crippen molar-refractivity contribution in [1.82, 2.24) is 0 Å². The van der Waals surface area contributed by atoms with Crippen LogP contribution >= 0.6 is 0 Å². The van der Waals surface area contributed by atoms with Gasteiger partial charge in [0.1, 0.15) is 6.10 Å². The standard InChI is InChI=1S/C21H18O5/c22-19(13-6-2-1-3-7-13)18-16(12-17-25-10-11-26-17)20(23)14-8-4-5-9-15(14)21(18)24/h1-9,17,19,22H,10-12H2. The molecule has 0 saturated carbocycles. The Morgan fingerprint density at radius 2 is 1.46 bits per heavy atom. The number of carbonyl (C=O) groups excluding carboxylic acids is 2. The van der Waals surface area contributed by atoms with E-state index in [0.29, 0.717) is 29.9 Å². The van der Waals surface area contributed by atoms with Crippen LogP contribution in [-0.2, 0) is 9.47 Å². The highest BCUT2D eigenvalue weighted by Gasteiger charge is 2.37. The number of rotatable bonds is 4. The number of hydrogen-bond donors (Lipinski definition) is 1. The highest BCUT2D eigenvalue weighted by atomic mass is 16.7. The highest BCUT2D eigenvalue weighted by Crippen LogP contribution is 2.36. The number of aliphatic hydroxyl groups is 1. The van der Waals surface area contributed by atoms with Gasteiger partial charge in [0.25, 0.3) is 0 Å². The first kappa shape index (κ1) is 16.8. The topological polar surface area (TPSA) is 72.8 Å². The molecule has 1 saturated heterocycles. The van der Waals surface area contributed by atoms with Gasteiger partial charge in [0.05, 0.1) is 13.2 Å². The first-order chi connectivity index (χ1) is 12.7. The summed E-state index contributed by atoms with van der Waals surface area (Å²) in [6, 6.07) is 15.6. The van der Waals surface area contributed by atoms with Crippen molar-refractivity contribution in [2.24, 2.45) is 0 Å². The molecule has 1 unspecified atom stereocenters. The summed E-state index contributed by atoms with van der Waals surface area (Å²) in [6.07, 6.45) is -1.62. The summed E-state index contributed by atoms with van der Waals surface area (Å²) < 4.78 is 10.9. The summed E-state index contributed by atoms with van der Waals surface area (Å²) in [5, 5.41) is 10.9. The van der Waals surface area contributed by atoms with E-state index in [-0.39, 0.29) is 29.1 Å². The maximum atomic E-state index is 13.1. The number of ether oxygens (including phenoxy) is 2. The lowest BCUT2D eigenvalue weighted by Gasteiger charge is -2.25. The highest BCUT2D eigenvalue weighted by molar-refractivity contribution is 6.27. The Labute approximate surface area is 150 Å². The van der Waals surface area contributed by atoms with E-state index in [4.69, 9.17) is 9.47 Å². The normalized spacial score (nSPS) is 19.0. The van der Waals surface area contributed by atoms with E-state index in [0.717, 1.165) is 0 Å². The van der Waals surface area contributed by atoms with Gasteiger partial charge in [-0.05, 0) is 5.56 Å². The van der Waals surface area contributed by atoms with E-state index in [1.165, 1.54) is 0 Å². The molecule has 1 aliphatic carbocycles. The molecule has 1 N–H and O–H groups in total. The van der Waals surface area contributed by atoms with Crippen LogP contribution in [0, 0.1) is 0 Å². The van der Waals surface area contributed by atoms with E-state index >= 15 is 0 Å². The first-order valence-corrected chi connectivity index (χ1v) is 8.54. The Bertz CT molecular complexity index is 878. The number of benzene rings is 2. The number of ketones is 2. The Balaban J connectivity index is 1.82. The van der Waals surface area contributed by atoms with Crippen LogP contribution in [0.2, 0.25) is 0 Å². The van der Waals surface area contributed by atoms with Gasteiger partial charge in [-0.25, -0.2) is 0 Å². The summed E-state index contributed by atoms with van der Waals surface area (Å²) in [5.41, 5.74) is 1.61. The fraction of sp³-hybridized carbons (Fsp3) is 0.238. The van der Waals surface area contributed by atoms with Crippen LogP contribution < -0.4 is 0 Å². The molecule has 0 radical (unpaired) electrons. The number of Topliss-reactive ketones (excluding diaryl/α,β-unsaturated/α-hetero) is 2. The molecule has 0 bridgehead atoms. The van der Waals surface area contributed by atoms with Crippen molar-refractivity contribution in [2.45, 2.75) is 18.8 Å². The summed E-state index contributed by atoms with van der Waals surface area (Å²) >= 11 is 0. The van der Waals surface area contributed by atoms with Gasteiger partial charge in [-0.2, -0.15) is 0 Å². The van der Waals surface area contributed by atoms with E-state index in [1.807, 2.05) is 6.07 Å². The van der Waals surface area contributed by atoms with Crippen molar-refractivity contribution < 1.29 is 24.2 Å². The van der Waals surface area contributed by atoms with Crippen LogP contribution in [0.1, 0.15) is 38.8 Å². The molecule has 1 heterocycles. The Hall–Kier alpha value is -2.60. The minimum atomic E-state index is -1.18. The monoisotopic (exact) mass is 350 g/mol. The lowest BCUT2D eigenvalue weighted by Crippen LogP contribution is -2.28. The molecule has 4 rings (SSSR count). The van der Waals surface area contributed by atoms with E-state index in [9.17, 15) is 14.7 Å². The SMILES string of the molecule is O=C1C(CC2OCCO2)=C(C(O)c2ccccc2)C(=O)c2ccccc21. The van der Waals surface area contributed by atoms with Gasteiger partial charge < -0.3 is 14.6 Å². The van der Waals surface area contributed by atoms with Crippen LogP contribution in [0.15, 0.2) is 65.7 Å². The van der Waals surface area contributed by atoms with Crippen molar-refractivity contribution in [3.05, 3.63) is 82.4 Å². The minimum absolute atomic E-state index is 0.110. The Kier molecular flexibility index (Phi) is 4.51. The maximum Gasteiger partial charge on any atom is 0.193 e. The van der Waals surface area contributed by atoms with Crippen molar-refractivity contribution in [3.63, 3.8) is 0 Å². The maximum absolute atomic E-state index is 13.1. The molecule has 26 heavy (non-hydrogen) atoms. The summed E-state index contributed by atoms with van der Waals surface area (Å²) in [4.78, 5) is 26.2. The van der Waals surface area contributed by atoms with Gasteiger partial charge >= 0.3 is 0 Å². The zero-order valence-corrected chi connectivity index (χ0v) is 14.1. The van der Waals surface area contributed by atoms with Crippen molar-refractivity contribution in [3.8, 4) is 0 Å². The third-order valence-corrected chi connectivity index (χ3v) is 4.71. The zero-order valence-electron chi connectivity index (χ0n) is 14.1. The Morgan fingerprint density at radius 1 is 0.885 bits per heavy atom. The predicted molar refractivity (Wildman–Crippen MR) is 93.8 cm³/mol. The van der Waals surface area contributed by atoms with Crippen molar-refractivity contribution in [2.75, 3.05) is 13.2 Å². The largest absolute Gasteiger partial charge is 0.383 e. The first-order valence-electron chi connectivity index (χ1n) is 8.54. The fourth-order valence-electron chi connectivity index (χ4n) is 3.43. The van der Waals surface area contributed by atoms with Gasteiger partial charge in [0, 0.05) is 28.7 Å². The van der Waals surface area contributed by atoms with Crippen LogP contribution in [-0.4, -0.2) is 36.2 Å². The molecule has 2 aromatic carbocycles. The molecule has 5 heteroatoms. The molecule has 5 nitrogen and oxygen atoms in total. The second-order valence-electron chi connectivity index (χ2n) is 6.28. The molecule has 0 spiro atoms. The van der Waals surface area contributed by atoms with E-state index in [2.05, 4.69) is 0 Å². The molecule has 132 valence electrons. The smallest absolute Gasteiger partial charge is 0.193 e. The van der Waals surface area contributed by atoms with Gasteiger partial charge in [0.15, 0.2) is 17.9 Å². The molecule has 0 amide bonds. The molecule has 1 atom stereocenters. The predicted octanol–water partition coefficient (Wildman–Crippen LogP) is 2.86. The lowest BCUT2D eigenvalue weighted by atomic mass is 9.79. The Morgan fingerprint density at radius 3 is 2.12 bits per heavy atom. The third-order valence-electron chi connectivity index (χ3n) is 4.71. The summed E-state index contributed by atoms with van der Waals surface area (Å²) in [5.74, 6) is -0.589. The number of carbonyl (C=O) groups is 2. The summed E-state index contributed by atoms with van der Waals surface area (Å²) in [7, 11) is 0. The molecular formula is C21H18O5. The lowest BCUT2D eigenvalue weighted by molar-refractivity contribution is -0.0400. The number of fused-ring (bicyclic) bond motifs is 1. The molecular weight excluding hydrogens is 332 g/mol. The second-order valence-corrected chi connectivity index (χ2v) is 6.28. The van der Waals surface area contributed by atoms with E-state index in [1.54, 1.807) is 48.5 Å². The molecule has 0 aromatic heterocycles. The van der Waals surface area contributed by atoms with Crippen LogP contribution in [0.4, 0.5) is 0 Å². The van der Waals surface area contributed by atoms with E-state index < -0.39 is 12.4 Å². The average molecular weight is 350 g/mol. The molecule has 2 aliphatic rings. The zero-order chi connectivity index (χ0) is 18.1. The number of hydrogen-bond acceptors (Lipinski definition) is 5. The summed E-state index contributed by atoms with van der Waals surface area (Å²) in [6.45, 7) is 0.903. The van der Waals surface area contributed by atoms with Gasteiger partial charge in [0.2, 0.25) is 0 Å². The average Bonchev–Trinajstić information content (AvgIpc) is 3.19. The van der Waals surface area contributed by atoms with Gasteiger partial charge in [-0.15, -0.1) is 0 Å².